The molecule has 2 aromatic carbocycles. The fourth-order valence-corrected chi connectivity index (χ4v) is 3.29. The van der Waals surface area contributed by atoms with Crippen molar-refractivity contribution in [2.75, 3.05) is 20.1 Å². The van der Waals surface area contributed by atoms with Gasteiger partial charge in [0.25, 0.3) is 5.69 Å². The molecule has 0 saturated carbocycles. The number of rotatable bonds is 2. The van der Waals surface area contributed by atoms with Crippen molar-refractivity contribution < 1.29 is 4.92 Å². The van der Waals surface area contributed by atoms with Gasteiger partial charge in [0.2, 0.25) is 0 Å². The molecule has 0 fully saturated rings. The van der Waals surface area contributed by atoms with Crippen LogP contribution in [-0.4, -0.2) is 30.0 Å². The van der Waals surface area contributed by atoms with Gasteiger partial charge in [-0.15, -0.1) is 0 Å². The van der Waals surface area contributed by atoms with Crippen molar-refractivity contribution in [1.29, 1.82) is 0 Å². The third-order valence-electron chi connectivity index (χ3n) is 4.49. The predicted octanol–water partition coefficient (Wildman–Crippen LogP) is 3.52. The Bertz CT molecular complexity index is 698. The molecule has 0 unspecified atom stereocenters. The van der Waals surface area contributed by atoms with Gasteiger partial charge in [-0.25, -0.2) is 0 Å². The van der Waals surface area contributed by atoms with Crippen molar-refractivity contribution in [3.8, 4) is 0 Å². The molecule has 0 N–H and O–H groups in total. The molecule has 1 heterocycles. The minimum Gasteiger partial charge on any atom is -0.305 e. The Balaban J connectivity index is 2.16. The molecule has 3 rings (SSSR count). The van der Waals surface area contributed by atoms with Crippen LogP contribution in [0.15, 0.2) is 42.5 Å². The zero-order valence-corrected chi connectivity index (χ0v) is 13.0. The maximum Gasteiger partial charge on any atom is 0.272 e. The first-order valence-corrected chi connectivity index (χ1v) is 7.57. The van der Waals surface area contributed by atoms with Crippen molar-refractivity contribution in [1.82, 2.24) is 4.90 Å². The molecule has 1 aliphatic heterocycles. The lowest BCUT2D eigenvalue weighted by Crippen LogP contribution is -2.24. The summed E-state index contributed by atoms with van der Waals surface area (Å²) in [6.45, 7) is 3.69. The zero-order chi connectivity index (χ0) is 15.7. The van der Waals surface area contributed by atoms with E-state index in [1.807, 2.05) is 31.2 Å². The Morgan fingerprint density at radius 1 is 1.23 bits per heavy atom. The van der Waals surface area contributed by atoms with Gasteiger partial charge in [-0.1, -0.05) is 30.3 Å². The minimum atomic E-state index is -0.272. The summed E-state index contributed by atoms with van der Waals surface area (Å²) in [4.78, 5) is 13.3. The van der Waals surface area contributed by atoms with Gasteiger partial charge in [0.1, 0.15) is 0 Å². The average molecular weight is 296 g/mol. The molecule has 0 saturated heterocycles. The van der Waals surface area contributed by atoms with E-state index in [4.69, 9.17) is 0 Å². The van der Waals surface area contributed by atoms with Gasteiger partial charge in [-0.05, 0) is 43.1 Å². The predicted molar refractivity (Wildman–Crippen MR) is 87.3 cm³/mol. The second-order valence-electron chi connectivity index (χ2n) is 6.07. The fraction of sp³-hybridized carbons (Fsp3) is 0.333. The van der Waals surface area contributed by atoms with Gasteiger partial charge in [0, 0.05) is 30.6 Å². The van der Waals surface area contributed by atoms with E-state index in [0.29, 0.717) is 0 Å². The summed E-state index contributed by atoms with van der Waals surface area (Å²) in [6.07, 6.45) is 0.938. The summed E-state index contributed by atoms with van der Waals surface area (Å²) in [6, 6.07) is 14.1. The van der Waals surface area contributed by atoms with Crippen LogP contribution in [0.3, 0.4) is 0 Å². The third-order valence-corrected chi connectivity index (χ3v) is 4.49. The summed E-state index contributed by atoms with van der Waals surface area (Å²) in [5.74, 6) is 0.183. The molecule has 1 atom stereocenters. The van der Waals surface area contributed by atoms with E-state index in [-0.39, 0.29) is 16.5 Å². The van der Waals surface area contributed by atoms with Crippen LogP contribution >= 0.6 is 0 Å². The molecule has 22 heavy (non-hydrogen) atoms. The molecule has 4 nitrogen and oxygen atoms in total. The number of nitrogens with zero attached hydrogens (tertiary/aromatic N) is 2. The summed E-state index contributed by atoms with van der Waals surface area (Å²) in [7, 11) is 2.11. The second-order valence-corrected chi connectivity index (χ2v) is 6.07. The molecule has 114 valence electrons. The number of aryl methyl sites for hydroxylation is 1. The number of nitro benzene ring substituents is 1. The molecule has 0 bridgehead atoms. The summed E-state index contributed by atoms with van der Waals surface area (Å²) in [5, 5.41) is 11.3. The van der Waals surface area contributed by atoms with E-state index in [1.54, 1.807) is 6.07 Å². The Morgan fingerprint density at radius 2 is 1.95 bits per heavy atom. The molecule has 0 spiro atoms. The van der Waals surface area contributed by atoms with Crippen LogP contribution in [0.25, 0.3) is 0 Å². The molecule has 0 aromatic heterocycles. The largest absolute Gasteiger partial charge is 0.305 e. The van der Waals surface area contributed by atoms with Crippen LogP contribution in [-0.2, 0) is 6.42 Å². The van der Waals surface area contributed by atoms with E-state index in [9.17, 15) is 10.1 Å². The summed E-state index contributed by atoms with van der Waals surface area (Å²) >= 11 is 0. The molecule has 0 amide bonds. The number of fused-ring (bicyclic) bond motifs is 1. The molecule has 0 radical (unpaired) electrons. The summed E-state index contributed by atoms with van der Waals surface area (Å²) in [5.41, 5.74) is 4.54. The van der Waals surface area contributed by atoms with Crippen molar-refractivity contribution in [3.63, 3.8) is 0 Å². The Labute approximate surface area is 130 Å². The minimum absolute atomic E-state index is 0.183. The maximum absolute atomic E-state index is 11.3. The SMILES string of the molecule is Cc1cc2c(cc1[N+](=O)[O-])[C@@H](c1ccccc1)CN(C)CC2. The van der Waals surface area contributed by atoms with Gasteiger partial charge in [-0.2, -0.15) is 0 Å². The van der Waals surface area contributed by atoms with Gasteiger partial charge in [0.05, 0.1) is 4.92 Å². The normalized spacial score (nSPS) is 18.5. The topological polar surface area (TPSA) is 46.4 Å². The van der Waals surface area contributed by atoms with Crippen molar-refractivity contribution >= 4 is 5.69 Å². The molecule has 2 aromatic rings. The smallest absolute Gasteiger partial charge is 0.272 e. The van der Waals surface area contributed by atoms with E-state index in [2.05, 4.69) is 24.1 Å². The van der Waals surface area contributed by atoms with Crippen molar-refractivity contribution in [3.05, 3.63) is 74.8 Å². The first-order valence-electron chi connectivity index (χ1n) is 7.57. The number of likely N-dealkylation sites (N-methyl/N-ethyl adjacent to an activating group) is 1. The highest BCUT2D eigenvalue weighted by Crippen LogP contribution is 2.34. The Hall–Kier alpha value is -2.20. The van der Waals surface area contributed by atoms with E-state index >= 15 is 0 Å². The number of hydrogen-bond acceptors (Lipinski definition) is 3. The van der Waals surface area contributed by atoms with Crippen LogP contribution in [0.4, 0.5) is 5.69 Å². The molecule has 0 aliphatic carbocycles. The van der Waals surface area contributed by atoms with Gasteiger partial charge in [-0.3, -0.25) is 10.1 Å². The quantitative estimate of drug-likeness (QED) is 0.629. The van der Waals surface area contributed by atoms with Crippen LogP contribution < -0.4 is 0 Å². The van der Waals surface area contributed by atoms with Crippen LogP contribution in [0, 0.1) is 17.0 Å². The van der Waals surface area contributed by atoms with Crippen LogP contribution in [0.5, 0.6) is 0 Å². The zero-order valence-electron chi connectivity index (χ0n) is 13.0. The highest BCUT2D eigenvalue weighted by molar-refractivity contribution is 5.51. The second kappa shape index (κ2) is 5.89. The van der Waals surface area contributed by atoms with E-state index in [0.717, 1.165) is 30.6 Å². The summed E-state index contributed by atoms with van der Waals surface area (Å²) < 4.78 is 0. The lowest BCUT2D eigenvalue weighted by Gasteiger charge is -2.22. The molecule has 4 heteroatoms. The highest BCUT2D eigenvalue weighted by Gasteiger charge is 2.26. The van der Waals surface area contributed by atoms with E-state index in [1.165, 1.54) is 11.1 Å². The fourth-order valence-electron chi connectivity index (χ4n) is 3.29. The molecule has 1 aliphatic rings. The standard InChI is InChI=1S/C18H20N2O2/c1-13-10-15-8-9-19(2)12-17(14-6-4-3-5-7-14)16(15)11-18(13)20(21)22/h3-7,10-11,17H,8-9,12H2,1-2H3/t17-/m1/s1. The Kier molecular flexibility index (Phi) is 3.94. The number of benzene rings is 2. The maximum atomic E-state index is 11.3. The van der Waals surface area contributed by atoms with E-state index < -0.39 is 0 Å². The van der Waals surface area contributed by atoms with Crippen LogP contribution in [0.1, 0.15) is 28.2 Å². The van der Waals surface area contributed by atoms with Crippen molar-refractivity contribution in [2.24, 2.45) is 0 Å². The lowest BCUT2D eigenvalue weighted by molar-refractivity contribution is -0.385. The van der Waals surface area contributed by atoms with Gasteiger partial charge < -0.3 is 4.90 Å². The molecular formula is C18H20N2O2. The Morgan fingerprint density at radius 3 is 2.64 bits per heavy atom. The van der Waals surface area contributed by atoms with Gasteiger partial charge in [0.15, 0.2) is 0 Å². The number of nitro groups is 1. The average Bonchev–Trinajstić information content (AvgIpc) is 2.66. The first-order chi connectivity index (χ1) is 10.6. The van der Waals surface area contributed by atoms with Crippen molar-refractivity contribution in [2.45, 2.75) is 19.3 Å². The lowest BCUT2D eigenvalue weighted by atomic mass is 9.87. The molecular weight excluding hydrogens is 276 g/mol. The monoisotopic (exact) mass is 296 g/mol. The first kappa shape index (κ1) is 14.7. The third kappa shape index (κ3) is 2.74. The van der Waals surface area contributed by atoms with Crippen LogP contribution in [0.2, 0.25) is 0 Å². The highest BCUT2D eigenvalue weighted by atomic mass is 16.6. The number of hydrogen-bond donors (Lipinski definition) is 0. The van der Waals surface area contributed by atoms with Gasteiger partial charge >= 0.3 is 0 Å².